The lowest BCUT2D eigenvalue weighted by Crippen LogP contribution is -2.34. The SMILES string of the molecule is Cc1cc(N2CCn3nc(C(F)(F)F)cc3C2)cc(C)c1NC(=O)CC1CCC(F)(F)CC1. The normalized spacial score (nSPS) is 18.8. The zero-order chi connectivity index (χ0) is 24.0. The van der Waals surface area contributed by atoms with Gasteiger partial charge in [-0.1, -0.05) is 0 Å². The van der Waals surface area contributed by atoms with Gasteiger partial charge >= 0.3 is 6.18 Å². The van der Waals surface area contributed by atoms with E-state index in [2.05, 4.69) is 10.4 Å². The number of fused-ring (bicyclic) bond motifs is 1. The Kier molecular flexibility index (Phi) is 6.13. The minimum atomic E-state index is -4.47. The maximum atomic E-state index is 13.3. The van der Waals surface area contributed by atoms with Gasteiger partial charge in [0.15, 0.2) is 5.69 Å². The molecular weight excluding hydrogens is 443 g/mol. The number of benzene rings is 1. The standard InChI is InChI=1S/C23H27F5N4O/c1-14-9-17(31-7-8-32-18(13-31)12-19(30-32)23(26,27)28)10-15(2)21(14)29-20(33)11-16-3-5-22(24,25)6-4-16/h9-10,12,16H,3-8,11,13H2,1-2H3,(H,29,33). The largest absolute Gasteiger partial charge is 0.435 e. The van der Waals surface area contributed by atoms with E-state index in [9.17, 15) is 26.7 Å². The molecule has 4 rings (SSSR count). The van der Waals surface area contributed by atoms with Crippen LogP contribution in [0.5, 0.6) is 0 Å². The molecule has 5 nitrogen and oxygen atoms in total. The molecule has 0 spiro atoms. The zero-order valence-corrected chi connectivity index (χ0v) is 18.6. The summed E-state index contributed by atoms with van der Waals surface area (Å²) in [4.78, 5) is 14.5. The Bertz CT molecular complexity index is 1010. The van der Waals surface area contributed by atoms with Crippen LogP contribution in [0.3, 0.4) is 0 Å². The lowest BCUT2D eigenvalue weighted by molar-refractivity contribution is -0.141. The summed E-state index contributed by atoms with van der Waals surface area (Å²) in [6, 6.07) is 4.89. The van der Waals surface area contributed by atoms with Crippen molar-refractivity contribution in [2.75, 3.05) is 16.8 Å². The molecule has 0 atom stereocenters. The van der Waals surface area contributed by atoms with E-state index in [0.717, 1.165) is 22.9 Å². The molecule has 10 heteroatoms. The first-order valence-electron chi connectivity index (χ1n) is 11.1. The highest BCUT2D eigenvalue weighted by molar-refractivity contribution is 5.93. The van der Waals surface area contributed by atoms with Gasteiger partial charge < -0.3 is 10.2 Å². The first-order valence-corrected chi connectivity index (χ1v) is 11.1. The summed E-state index contributed by atoms with van der Waals surface area (Å²) in [5.41, 5.74) is 2.84. The molecule has 1 N–H and O–H groups in total. The monoisotopic (exact) mass is 470 g/mol. The number of amides is 1. The van der Waals surface area contributed by atoms with Crippen molar-refractivity contribution in [1.29, 1.82) is 0 Å². The van der Waals surface area contributed by atoms with Crippen LogP contribution in [0, 0.1) is 19.8 Å². The number of anilines is 2. The Hall–Kier alpha value is -2.65. The molecule has 33 heavy (non-hydrogen) atoms. The van der Waals surface area contributed by atoms with Gasteiger partial charge in [-0.05, 0) is 61.9 Å². The van der Waals surface area contributed by atoms with E-state index in [1.165, 1.54) is 4.68 Å². The summed E-state index contributed by atoms with van der Waals surface area (Å²) in [5, 5.41) is 6.59. The third-order valence-corrected chi connectivity index (χ3v) is 6.55. The summed E-state index contributed by atoms with van der Waals surface area (Å²) in [7, 11) is 0. The number of halogens is 5. The number of rotatable bonds is 4. The van der Waals surface area contributed by atoms with Crippen molar-refractivity contribution in [3.05, 3.63) is 40.7 Å². The van der Waals surface area contributed by atoms with Gasteiger partial charge in [-0.25, -0.2) is 8.78 Å². The van der Waals surface area contributed by atoms with Crippen molar-refractivity contribution in [1.82, 2.24) is 9.78 Å². The van der Waals surface area contributed by atoms with Gasteiger partial charge in [0.05, 0.1) is 18.8 Å². The van der Waals surface area contributed by atoms with Crippen LogP contribution in [0.2, 0.25) is 0 Å². The second-order valence-corrected chi connectivity index (χ2v) is 9.17. The Morgan fingerprint density at radius 1 is 1.12 bits per heavy atom. The Labute approximate surface area is 188 Å². The van der Waals surface area contributed by atoms with E-state index in [1.54, 1.807) is 0 Å². The number of hydrogen-bond acceptors (Lipinski definition) is 3. The van der Waals surface area contributed by atoms with Gasteiger partial charge in [0.1, 0.15) is 0 Å². The smallest absolute Gasteiger partial charge is 0.364 e. The first-order chi connectivity index (χ1) is 15.4. The number of hydrogen-bond donors (Lipinski definition) is 1. The van der Waals surface area contributed by atoms with Crippen LogP contribution in [0.25, 0.3) is 0 Å². The predicted octanol–water partition coefficient (Wildman–Crippen LogP) is 5.69. The fraction of sp³-hybridized carbons (Fsp3) is 0.565. The highest BCUT2D eigenvalue weighted by Gasteiger charge is 2.36. The molecular formula is C23H27F5N4O. The number of nitrogens with zero attached hydrogens (tertiary/aromatic N) is 3. The summed E-state index contributed by atoms with van der Waals surface area (Å²) in [5.74, 6) is -2.84. The average Bonchev–Trinajstić information content (AvgIpc) is 3.16. The molecule has 1 amide bonds. The van der Waals surface area contributed by atoms with Crippen LogP contribution >= 0.6 is 0 Å². The molecule has 180 valence electrons. The van der Waals surface area contributed by atoms with Crippen molar-refractivity contribution in [3.8, 4) is 0 Å². The predicted molar refractivity (Wildman–Crippen MR) is 114 cm³/mol. The number of alkyl halides is 5. The fourth-order valence-electron chi connectivity index (χ4n) is 4.70. The maximum Gasteiger partial charge on any atom is 0.435 e. The van der Waals surface area contributed by atoms with E-state index >= 15 is 0 Å². The van der Waals surface area contributed by atoms with Gasteiger partial charge in [0.2, 0.25) is 11.8 Å². The van der Waals surface area contributed by atoms with Crippen molar-refractivity contribution < 1.29 is 26.7 Å². The van der Waals surface area contributed by atoms with E-state index in [-0.39, 0.29) is 31.1 Å². The van der Waals surface area contributed by atoms with Gasteiger partial charge in [0.25, 0.3) is 0 Å². The Morgan fingerprint density at radius 3 is 2.36 bits per heavy atom. The molecule has 2 aliphatic rings. The van der Waals surface area contributed by atoms with E-state index in [1.807, 2.05) is 30.9 Å². The molecule has 1 fully saturated rings. The van der Waals surface area contributed by atoms with Crippen LogP contribution in [0.4, 0.5) is 33.3 Å². The lowest BCUT2D eigenvalue weighted by Gasteiger charge is -2.31. The zero-order valence-electron chi connectivity index (χ0n) is 18.6. The second-order valence-electron chi connectivity index (χ2n) is 9.17. The average molecular weight is 470 g/mol. The number of aryl methyl sites for hydroxylation is 2. The van der Waals surface area contributed by atoms with E-state index in [4.69, 9.17) is 0 Å². The molecule has 2 heterocycles. The number of carbonyl (C=O) groups is 1. The van der Waals surface area contributed by atoms with E-state index < -0.39 is 17.8 Å². The Morgan fingerprint density at radius 2 is 1.76 bits per heavy atom. The van der Waals surface area contributed by atoms with Crippen LogP contribution in [-0.4, -0.2) is 28.2 Å². The highest BCUT2D eigenvalue weighted by atomic mass is 19.4. The van der Waals surface area contributed by atoms with Crippen LogP contribution < -0.4 is 10.2 Å². The van der Waals surface area contributed by atoms with E-state index in [0.29, 0.717) is 43.9 Å². The first kappa shape index (κ1) is 23.5. The van der Waals surface area contributed by atoms with Crippen LogP contribution in [0.1, 0.15) is 54.6 Å². The Balaban J connectivity index is 1.42. The second kappa shape index (κ2) is 8.61. The van der Waals surface area contributed by atoms with Crippen molar-refractivity contribution >= 4 is 17.3 Å². The molecule has 1 aliphatic heterocycles. The quantitative estimate of drug-likeness (QED) is 0.584. The molecule has 0 bridgehead atoms. The molecule has 1 aromatic heterocycles. The molecule has 0 saturated heterocycles. The maximum absolute atomic E-state index is 13.3. The summed E-state index contributed by atoms with van der Waals surface area (Å²) in [6.45, 7) is 4.90. The van der Waals surface area contributed by atoms with Gasteiger partial charge in [-0.3, -0.25) is 9.48 Å². The third-order valence-electron chi connectivity index (χ3n) is 6.55. The molecule has 0 radical (unpaired) electrons. The number of nitrogens with one attached hydrogen (secondary N) is 1. The number of carbonyl (C=O) groups excluding carboxylic acids is 1. The van der Waals surface area contributed by atoms with Crippen LogP contribution in [0.15, 0.2) is 18.2 Å². The van der Waals surface area contributed by atoms with Crippen LogP contribution in [-0.2, 0) is 24.1 Å². The third kappa shape index (κ3) is 5.30. The van der Waals surface area contributed by atoms with Gasteiger partial charge in [0, 0.05) is 37.2 Å². The summed E-state index contributed by atoms with van der Waals surface area (Å²) >= 11 is 0. The van der Waals surface area contributed by atoms with Crippen molar-refractivity contribution in [3.63, 3.8) is 0 Å². The summed E-state index contributed by atoms with van der Waals surface area (Å²) < 4.78 is 67.0. The molecule has 1 aromatic carbocycles. The summed E-state index contributed by atoms with van der Waals surface area (Å²) in [6.07, 6.45) is -3.90. The fourth-order valence-corrected chi connectivity index (χ4v) is 4.70. The van der Waals surface area contributed by atoms with Crippen molar-refractivity contribution in [2.45, 2.75) is 71.1 Å². The molecule has 2 aromatic rings. The molecule has 1 aliphatic carbocycles. The molecule has 1 saturated carbocycles. The molecule has 0 unspecified atom stereocenters. The van der Waals surface area contributed by atoms with Gasteiger partial charge in [-0.2, -0.15) is 18.3 Å². The van der Waals surface area contributed by atoms with Crippen molar-refractivity contribution in [2.24, 2.45) is 5.92 Å². The minimum absolute atomic E-state index is 0.0377. The highest BCUT2D eigenvalue weighted by Crippen LogP contribution is 2.38. The number of aromatic nitrogens is 2. The topological polar surface area (TPSA) is 50.2 Å². The van der Waals surface area contributed by atoms with Gasteiger partial charge in [-0.15, -0.1) is 0 Å². The minimum Gasteiger partial charge on any atom is -0.364 e. The lowest BCUT2D eigenvalue weighted by atomic mass is 9.84.